The van der Waals surface area contributed by atoms with Crippen LogP contribution in [0.1, 0.15) is 83.8 Å². The number of carbonyl (C=O) groups is 2. The minimum Gasteiger partial charge on any atom is -0.472 e. The maximum atomic E-state index is 12.6. The summed E-state index contributed by atoms with van der Waals surface area (Å²) in [5.41, 5.74) is 1.96. The fourth-order valence-corrected chi connectivity index (χ4v) is 4.43. The first-order chi connectivity index (χ1) is 13.0. The standard InChI is InChI=1S/C22H30O5/c1-4-5-6-7-8-9-18(23)26-17-10-12-22(3)19(15(17)2)21(24)27-20(22)16-11-13-25-14-16/h11,13-14,17,20H,4-10,12H2,1-3H3/t17-,20+,22-/m1/s1. The van der Waals surface area contributed by atoms with Gasteiger partial charge in [-0.3, -0.25) is 4.79 Å². The van der Waals surface area contributed by atoms with Gasteiger partial charge < -0.3 is 13.9 Å². The summed E-state index contributed by atoms with van der Waals surface area (Å²) in [7, 11) is 0. The van der Waals surface area contributed by atoms with Crippen molar-refractivity contribution in [1.29, 1.82) is 0 Å². The molecule has 0 amide bonds. The monoisotopic (exact) mass is 374 g/mol. The maximum Gasteiger partial charge on any atom is 0.335 e. The van der Waals surface area contributed by atoms with Gasteiger partial charge in [-0.25, -0.2) is 4.79 Å². The van der Waals surface area contributed by atoms with Gasteiger partial charge in [0, 0.05) is 23.0 Å². The Labute approximate surface area is 161 Å². The van der Waals surface area contributed by atoms with Crippen LogP contribution in [0.25, 0.3) is 0 Å². The van der Waals surface area contributed by atoms with Gasteiger partial charge in [0.15, 0.2) is 0 Å². The summed E-state index contributed by atoms with van der Waals surface area (Å²) in [5, 5.41) is 0. The lowest BCUT2D eigenvalue weighted by molar-refractivity contribution is -0.148. The highest BCUT2D eigenvalue weighted by molar-refractivity contribution is 5.94. The van der Waals surface area contributed by atoms with E-state index in [4.69, 9.17) is 13.9 Å². The first-order valence-corrected chi connectivity index (χ1v) is 10.1. The average Bonchev–Trinajstić information content (AvgIpc) is 3.24. The van der Waals surface area contributed by atoms with Crippen LogP contribution in [0.15, 0.2) is 34.2 Å². The third kappa shape index (κ3) is 3.97. The smallest absolute Gasteiger partial charge is 0.335 e. The van der Waals surface area contributed by atoms with Gasteiger partial charge in [0.25, 0.3) is 0 Å². The van der Waals surface area contributed by atoms with Gasteiger partial charge in [0.05, 0.1) is 12.5 Å². The molecule has 0 aromatic carbocycles. The fraction of sp³-hybridized carbons (Fsp3) is 0.636. The van der Waals surface area contributed by atoms with Crippen LogP contribution in [0, 0.1) is 5.41 Å². The molecule has 148 valence electrons. The van der Waals surface area contributed by atoms with E-state index < -0.39 is 5.41 Å². The minimum atomic E-state index is -0.409. The molecule has 5 heteroatoms. The zero-order chi connectivity index (χ0) is 19.4. The molecule has 1 fully saturated rings. The van der Waals surface area contributed by atoms with Crippen LogP contribution in [-0.4, -0.2) is 18.0 Å². The number of hydrogen-bond acceptors (Lipinski definition) is 5. The molecule has 1 aromatic rings. The summed E-state index contributed by atoms with van der Waals surface area (Å²) >= 11 is 0. The predicted molar refractivity (Wildman–Crippen MR) is 101 cm³/mol. The normalized spacial score (nSPS) is 27.4. The lowest BCUT2D eigenvalue weighted by Crippen LogP contribution is -2.34. The minimum absolute atomic E-state index is 0.169. The number of hydrogen-bond donors (Lipinski definition) is 0. The number of cyclic esters (lactones) is 1. The molecule has 1 aliphatic heterocycles. The van der Waals surface area contributed by atoms with Crippen molar-refractivity contribution in [2.24, 2.45) is 5.41 Å². The third-order valence-electron chi connectivity index (χ3n) is 5.99. The Hall–Kier alpha value is -2.04. The van der Waals surface area contributed by atoms with E-state index in [1.807, 2.05) is 13.0 Å². The van der Waals surface area contributed by atoms with Crippen LogP contribution >= 0.6 is 0 Å². The van der Waals surface area contributed by atoms with E-state index in [9.17, 15) is 9.59 Å². The second kappa shape index (κ2) is 8.32. The zero-order valence-corrected chi connectivity index (χ0v) is 16.6. The highest BCUT2D eigenvalue weighted by Crippen LogP contribution is 2.56. The molecule has 1 aliphatic carbocycles. The van der Waals surface area contributed by atoms with Gasteiger partial charge in [0.2, 0.25) is 0 Å². The quantitative estimate of drug-likeness (QED) is 0.458. The molecular weight excluding hydrogens is 344 g/mol. The van der Waals surface area contributed by atoms with E-state index in [1.165, 1.54) is 12.8 Å². The average molecular weight is 374 g/mol. The summed E-state index contributed by atoms with van der Waals surface area (Å²) in [4.78, 5) is 24.8. The fourth-order valence-electron chi connectivity index (χ4n) is 4.43. The highest BCUT2D eigenvalue weighted by atomic mass is 16.6. The van der Waals surface area contributed by atoms with Crippen LogP contribution < -0.4 is 0 Å². The van der Waals surface area contributed by atoms with Crippen LogP contribution in [-0.2, 0) is 19.1 Å². The second-order valence-corrected chi connectivity index (χ2v) is 8.00. The van der Waals surface area contributed by atoms with Gasteiger partial charge >= 0.3 is 11.9 Å². The van der Waals surface area contributed by atoms with Crippen molar-refractivity contribution in [2.75, 3.05) is 0 Å². The van der Waals surface area contributed by atoms with Gasteiger partial charge in [-0.05, 0) is 37.8 Å². The number of ether oxygens (including phenoxy) is 2. The number of furan rings is 1. The van der Waals surface area contributed by atoms with E-state index in [0.29, 0.717) is 18.4 Å². The van der Waals surface area contributed by atoms with E-state index in [0.717, 1.165) is 36.8 Å². The van der Waals surface area contributed by atoms with Crippen LogP contribution in [0.4, 0.5) is 0 Å². The maximum absolute atomic E-state index is 12.6. The van der Waals surface area contributed by atoms with Crippen molar-refractivity contribution in [3.05, 3.63) is 35.3 Å². The van der Waals surface area contributed by atoms with E-state index in [1.54, 1.807) is 12.5 Å². The molecule has 0 saturated carbocycles. The molecule has 2 heterocycles. The number of carbonyl (C=O) groups excluding carboxylic acids is 2. The van der Waals surface area contributed by atoms with Crippen molar-refractivity contribution >= 4 is 11.9 Å². The summed E-state index contributed by atoms with van der Waals surface area (Å²) < 4.78 is 16.6. The molecule has 3 rings (SSSR count). The van der Waals surface area contributed by atoms with Crippen molar-refractivity contribution in [3.63, 3.8) is 0 Å². The number of esters is 2. The SMILES string of the molecule is CCCCCCCC(=O)O[C@@H]1CC[C@]2(C)C(=C1C)C(=O)O[C@H]2c1ccoc1. The lowest BCUT2D eigenvalue weighted by Gasteiger charge is -2.36. The van der Waals surface area contributed by atoms with E-state index in [2.05, 4.69) is 13.8 Å². The summed E-state index contributed by atoms with van der Waals surface area (Å²) in [6.07, 6.45) is 9.92. The molecule has 5 nitrogen and oxygen atoms in total. The Bertz CT molecular complexity index is 702. The molecule has 3 atom stereocenters. The Morgan fingerprint density at radius 2 is 2.07 bits per heavy atom. The molecule has 1 aromatic heterocycles. The topological polar surface area (TPSA) is 65.7 Å². The molecule has 2 aliphatic rings. The lowest BCUT2D eigenvalue weighted by atomic mass is 9.67. The Morgan fingerprint density at radius 1 is 1.30 bits per heavy atom. The van der Waals surface area contributed by atoms with Gasteiger partial charge in [-0.1, -0.05) is 39.5 Å². The zero-order valence-electron chi connectivity index (χ0n) is 16.6. The second-order valence-electron chi connectivity index (χ2n) is 8.00. The summed E-state index contributed by atoms with van der Waals surface area (Å²) in [6.45, 7) is 6.12. The van der Waals surface area contributed by atoms with Crippen molar-refractivity contribution in [3.8, 4) is 0 Å². The van der Waals surface area contributed by atoms with Gasteiger partial charge in [-0.15, -0.1) is 0 Å². The molecule has 0 bridgehead atoms. The Morgan fingerprint density at radius 3 is 2.78 bits per heavy atom. The van der Waals surface area contributed by atoms with E-state index in [-0.39, 0.29) is 24.1 Å². The van der Waals surface area contributed by atoms with Crippen molar-refractivity contribution in [2.45, 2.75) is 84.3 Å². The Kier molecular flexibility index (Phi) is 6.08. The van der Waals surface area contributed by atoms with Crippen molar-refractivity contribution < 1.29 is 23.5 Å². The molecule has 0 unspecified atom stereocenters. The number of fused-ring (bicyclic) bond motifs is 1. The largest absolute Gasteiger partial charge is 0.472 e. The van der Waals surface area contributed by atoms with Crippen LogP contribution in [0.3, 0.4) is 0 Å². The Balaban J connectivity index is 1.66. The predicted octanol–water partition coefficient (Wildman–Crippen LogP) is 5.27. The van der Waals surface area contributed by atoms with E-state index >= 15 is 0 Å². The van der Waals surface area contributed by atoms with Crippen molar-refractivity contribution in [1.82, 2.24) is 0 Å². The van der Waals surface area contributed by atoms with Crippen LogP contribution in [0.5, 0.6) is 0 Å². The number of rotatable bonds is 8. The first-order valence-electron chi connectivity index (χ1n) is 10.1. The number of unbranched alkanes of at least 4 members (excludes halogenated alkanes) is 4. The third-order valence-corrected chi connectivity index (χ3v) is 5.99. The van der Waals surface area contributed by atoms with Gasteiger partial charge in [-0.2, -0.15) is 0 Å². The summed E-state index contributed by atoms with van der Waals surface area (Å²) in [6, 6.07) is 1.84. The van der Waals surface area contributed by atoms with Crippen LogP contribution in [0.2, 0.25) is 0 Å². The molecular formula is C22H30O5. The van der Waals surface area contributed by atoms with Gasteiger partial charge in [0.1, 0.15) is 12.2 Å². The molecule has 27 heavy (non-hydrogen) atoms. The first kappa shape index (κ1) is 19.7. The molecule has 0 N–H and O–H groups in total. The summed E-state index contributed by atoms with van der Waals surface area (Å²) in [5.74, 6) is -0.473. The molecule has 0 spiro atoms. The highest BCUT2D eigenvalue weighted by Gasteiger charge is 2.54. The molecule has 0 radical (unpaired) electrons. The molecule has 1 saturated heterocycles.